The molecule has 24 heavy (non-hydrogen) atoms. The van der Waals surface area contributed by atoms with Gasteiger partial charge >= 0.3 is 0 Å². The number of hydrogen-bond acceptors (Lipinski definition) is 2. The van der Waals surface area contributed by atoms with Gasteiger partial charge in [0.05, 0.1) is 12.2 Å². The van der Waals surface area contributed by atoms with Gasteiger partial charge in [0.15, 0.2) is 5.96 Å². The predicted molar refractivity (Wildman–Crippen MR) is 109 cm³/mol. The summed E-state index contributed by atoms with van der Waals surface area (Å²) < 4.78 is 1.87. The van der Waals surface area contributed by atoms with E-state index in [2.05, 4.69) is 45.0 Å². The largest absolute Gasteiger partial charge is 0.356 e. The minimum absolute atomic E-state index is 0. The number of hydrogen-bond donors (Lipinski definition) is 2. The molecular formula is C18H26IN5. The fourth-order valence-corrected chi connectivity index (χ4v) is 3.26. The van der Waals surface area contributed by atoms with E-state index in [4.69, 9.17) is 0 Å². The van der Waals surface area contributed by atoms with Gasteiger partial charge in [-0.2, -0.15) is 5.10 Å². The van der Waals surface area contributed by atoms with E-state index in [1.54, 1.807) is 0 Å². The maximum atomic E-state index is 4.32. The highest BCUT2D eigenvalue weighted by Crippen LogP contribution is 2.30. The van der Waals surface area contributed by atoms with Crippen molar-refractivity contribution in [1.29, 1.82) is 0 Å². The second kappa shape index (κ2) is 9.05. The van der Waals surface area contributed by atoms with E-state index >= 15 is 0 Å². The average Bonchev–Trinajstić information content (AvgIpc) is 3.00. The Morgan fingerprint density at radius 3 is 2.88 bits per heavy atom. The molecule has 0 saturated heterocycles. The van der Waals surface area contributed by atoms with Crippen LogP contribution in [0.3, 0.4) is 0 Å². The number of nitrogens with one attached hydrogen (secondary N) is 2. The van der Waals surface area contributed by atoms with Crippen LogP contribution in [-0.2, 0) is 20.0 Å². The summed E-state index contributed by atoms with van der Waals surface area (Å²) in [6.45, 7) is 1.64. The van der Waals surface area contributed by atoms with Crippen LogP contribution in [0.4, 0.5) is 0 Å². The highest BCUT2D eigenvalue weighted by Gasteiger charge is 2.19. The normalized spacial score (nSPS) is 16.9. The molecule has 0 aliphatic heterocycles. The number of nitrogens with zero attached hydrogens (tertiary/aromatic N) is 3. The van der Waals surface area contributed by atoms with Crippen LogP contribution in [0.15, 0.2) is 41.5 Å². The lowest BCUT2D eigenvalue weighted by atomic mass is 9.83. The van der Waals surface area contributed by atoms with Crippen molar-refractivity contribution in [3.05, 3.63) is 53.3 Å². The number of guanidine groups is 1. The summed E-state index contributed by atoms with van der Waals surface area (Å²) in [6.07, 6.45) is 5.53. The molecule has 0 bridgehead atoms. The number of rotatable bonds is 4. The highest BCUT2D eigenvalue weighted by molar-refractivity contribution is 14.0. The summed E-state index contributed by atoms with van der Waals surface area (Å²) in [4.78, 5) is 4.32. The summed E-state index contributed by atoms with van der Waals surface area (Å²) in [5.74, 6) is 1.41. The maximum absolute atomic E-state index is 4.32. The number of halogens is 1. The Morgan fingerprint density at radius 2 is 2.12 bits per heavy atom. The molecule has 5 nitrogen and oxygen atoms in total. The van der Waals surface area contributed by atoms with Crippen LogP contribution < -0.4 is 10.6 Å². The first-order valence-electron chi connectivity index (χ1n) is 8.27. The van der Waals surface area contributed by atoms with Crippen molar-refractivity contribution in [1.82, 2.24) is 20.4 Å². The molecule has 1 aromatic carbocycles. The molecule has 3 rings (SSSR count). The molecule has 0 spiro atoms. The first-order chi connectivity index (χ1) is 11.3. The van der Waals surface area contributed by atoms with Gasteiger partial charge < -0.3 is 10.6 Å². The summed E-state index contributed by atoms with van der Waals surface area (Å²) in [5.41, 5.74) is 4.13. The zero-order chi connectivity index (χ0) is 16.1. The van der Waals surface area contributed by atoms with Crippen LogP contribution in [0.2, 0.25) is 0 Å². The topological polar surface area (TPSA) is 54.2 Å². The zero-order valence-corrected chi connectivity index (χ0v) is 16.7. The number of benzene rings is 1. The predicted octanol–water partition coefficient (Wildman–Crippen LogP) is 2.82. The number of fused-ring (bicyclic) bond motifs is 1. The summed E-state index contributed by atoms with van der Waals surface area (Å²) in [5, 5.41) is 11.0. The fraction of sp³-hybridized carbons (Fsp3) is 0.444. The number of aliphatic imine (C=N–C) groups is 1. The quantitative estimate of drug-likeness (QED) is 0.438. The molecule has 0 radical (unpaired) electrons. The van der Waals surface area contributed by atoms with Crippen molar-refractivity contribution < 1.29 is 0 Å². The molecule has 1 atom stereocenters. The SMILES string of the molecule is CN=C(NCc1ccnn1C)NCC1CCCc2ccccc21.I. The molecule has 1 aromatic heterocycles. The van der Waals surface area contributed by atoms with Crippen LogP contribution in [0.25, 0.3) is 0 Å². The Balaban J connectivity index is 0.00000208. The van der Waals surface area contributed by atoms with Crippen LogP contribution in [-0.4, -0.2) is 29.3 Å². The molecular weight excluding hydrogens is 413 g/mol. The average molecular weight is 439 g/mol. The van der Waals surface area contributed by atoms with Crippen molar-refractivity contribution >= 4 is 29.9 Å². The lowest BCUT2D eigenvalue weighted by Gasteiger charge is -2.26. The Bertz CT molecular complexity index is 680. The molecule has 0 saturated carbocycles. The van der Waals surface area contributed by atoms with E-state index in [0.717, 1.165) is 24.7 Å². The third kappa shape index (κ3) is 4.49. The van der Waals surface area contributed by atoms with Crippen LogP contribution in [0.1, 0.15) is 35.6 Å². The van der Waals surface area contributed by atoms with Gasteiger partial charge in [0, 0.05) is 32.8 Å². The first-order valence-corrected chi connectivity index (χ1v) is 8.27. The van der Waals surface area contributed by atoms with Crippen molar-refractivity contribution in [3.63, 3.8) is 0 Å². The Morgan fingerprint density at radius 1 is 1.29 bits per heavy atom. The van der Waals surface area contributed by atoms with Gasteiger partial charge in [-0.15, -0.1) is 24.0 Å². The monoisotopic (exact) mass is 439 g/mol. The molecule has 1 aliphatic carbocycles. The number of aromatic nitrogens is 2. The fourth-order valence-electron chi connectivity index (χ4n) is 3.26. The lowest BCUT2D eigenvalue weighted by molar-refractivity contribution is 0.539. The van der Waals surface area contributed by atoms with Gasteiger partial charge in [0.25, 0.3) is 0 Å². The Hall–Kier alpha value is -1.57. The molecule has 6 heteroatoms. The molecule has 2 aromatic rings. The molecule has 1 unspecified atom stereocenters. The van der Waals surface area contributed by atoms with E-state index in [-0.39, 0.29) is 24.0 Å². The van der Waals surface area contributed by atoms with Crippen LogP contribution in [0, 0.1) is 0 Å². The maximum Gasteiger partial charge on any atom is 0.191 e. The highest BCUT2D eigenvalue weighted by atomic mass is 127. The number of aryl methyl sites for hydroxylation is 2. The molecule has 1 heterocycles. The third-order valence-corrected chi connectivity index (χ3v) is 4.59. The van der Waals surface area contributed by atoms with E-state index in [0.29, 0.717) is 5.92 Å². The minimum Gasteiger partial charge on any atom is -0.356 e. The van der Waals surface area contributed by atoms with Gasteiger partial charge in [-0.3, -0.25) is 9.67 Å². The first kappa shape index (κ1) is 18.8. The molecule has 1 aliphatic rings. The van der Waals surface area contributed by atoms with Gasteiger partial charge in [0.1, 0.15) is 0 Å². The van der Waals surface area contributed by atoms with Crippen molar-refractivity contribution in [3.8, 4) is 0 Å². The zero-order valence-electron chi connectivity index (χ0n) is 14.3. The molecule has 130 valence electrons. The minimum atomic E-state index is 0. The molecule has 0 fully saturated rings. The second-order valence-corrected chi connectivity index (χ2v) is 6.04. The summed E-state index contributed by atoms with van der Waals surface area (Å²) in [7, 11) is 3.76. The van der Waals surface area contributed by atoms with Gasteiger partial charge in [-0.1, -0.05) is 24.3 Å². The van der Waals surface area contributed by atoms with E-state index < -0.39 is 0 Å². The second-order valence-electron chi connectivity index (χ2n) is 6.04. The molecule has 0 amide bonds. The smallest absolute Gasteiger partial charge is 0.191 e. The van der Waals surface area contributed by atoms with Gasteiger partial charge in [-0.25, -0.2) is 0 Å². The van der Waals surface area contributed by atoms with Crippen molar-refractivity contribution in [2.75, 3.05) is 13.6 Å². The van der Waals surface area contributed by atoms with Gasteiger partial charge in [0.2, 0.25) is 0 Å². The Kier molecular flexibility index (Phi) is 7.08. The summed E-state index contributed by atoms with van der Waals surface area (Å²) >= 11 is 0. The van der Waals surface area contributed by atoms with E-state index in [1.165, 1.54) is 30.4 Å². The third-order valence-electron chi connectivity index (χ3n) is 4.59. The van der Waals surface area contributed by atoms with Crippen molar-refractivity contribution in [2.45, 2.75) is 31.7 Å². The van der Waals surface area contributed by atoms with Gasteiger partial charge in [-0.05, 0) is 36.5 Å². The van der Waals surface area contributed by atoms with Crippen LogP contribution in [0.5, 0.6) is 0 Å². The Labute approximate surface area is 161 Å². The molecule has 2 N–H and O–H groups in total. The van der Waals surface area contributed by atoms with E-state index in [9.17, 15) is 0 Å². The van der Waals surface area contributed by atoms with Crippen molar-refractivity contribution in [2.24, 2.45) is 12.0 Å². The van der Waals surface area contributed by atoms with E-state index in [1.807, 2.05) is 31.0 Å². The summed E-state index contributed by atoms with van der Waals surface area (Å²) in [6, 6.07) is 10.8. The lowest BCUT2D eigenvalue weighted by Crippen LogP contribution is -2.39. The standard InChI is InChI=1S/C18H25N5.HI/c1-19-18(21-13-16-10-11-22-23(16)2)20-12-15-8-5-7-14-6-3-4-9-17(14)15;/h3-4,6,9-11,15H,5,7-8,12-13H2,1-2H3,(H2,19,20,21);1H. The van der Waals surface area contributed by atoms with Crippen LogP contribution >= 0.6 is 24.0 Å².